The van der Waals surface area contributed by atoms with Crippen LogP contribution in [0.2, 0.25) is 0 Å². The van der Waals surface area contributed by atoms with Gasteiger partial charge in [-0.2, -0.15) is 0 Å². The van der Waals surface area contributed by atoms with Gasteiger partial charge in [-0.05, 0) is 53.1 Å². The van der Waals surface area contributed by atoms with Crippen molar-refractivity contribution in [2.24, 2.45) is 5.73 Å². The van der Waals surface area contributed by atoms with Crippen LogP contribution in [0.3, 0.4) is 0 Å². The predicted octanol–water partition coefficient (Wildman–Crippen LogP) is 4.78. The van der Waals surface area contributed by atoms with E-state index in [4.69, 9.17) is 15.2 Å². The first kappa shape index (κ1) is 23.9. The molecule has 9 heteroatoms. The van der Waals surface area contributed by atoms with Gasteiger partial charge in [0, 0.05) is 12.2 Å². The Bertz CT molecular complexity index is 1100. The number of anilines is 1. The Morgan fingerprint density at radius 3 is 2.39 bits per heavy atom. The van der Waals surface area contributed by atoms with Crippen molar-refractivity contribution < 1.29 is 32.2 Å². The molecule has 3 aromatic carbocycles. The SMILES string of the molecule is COc1cc(CC(=O)Nc2cccc(-c3cccc(OC(F)(F)F)c3)c2)ccc1OCCN. The minimum absolute atomic E-state index is 0.0899. The summed E-state index contributed by atoms with van der Waals surface area (Å²) in [5, 5.41) is 2.80. The molecule has 0 aliphatic carbocycles. The van der Waals surface area contributed by atoms with Crippen molar-refractivity contribution >= 4 is 11.6 Å². The second-order valence-electron chi connectivity index (χ2n) is 7.00. The third kappa shape index (κ3) is 7.15. The summed E-state index contributed by atoms with van der Waals surface area (Å²) in [6.07, 6.45) is -4.68. The van der Waals surface area contributed by atoms with Crippen molar-refractivity contribution in [1.29, 1.82) is 0 Å². The first-order valence-corrected chi connectivity index (χ1v) is 10.0. The largest absolute Gasteiger partial charge is 0.573 e. The molecule has 174 valence electrons. The summed E-state index contributed by atoms with van der Waals surface area (Å²) in [6.45, 7) is 0.712. The fourth-order valence-corrected chi connectivity index (χ4v) is 3.15. The minimum Gasteiger partial charge on any atom is -0.493 e. The van der Waals surface area contributed by atoms with E-state index in [2.05, 4.69) is 10.1 Å². The molecule has 3 aromatic rings. The van der Waals surface area contributed by atoms with E-state index in [0.29, 0.717) is 41.5 Å². The number of nitrogens with two attached hydrogens (primary N) is 1. The number of ether oxygens (including phenoxy) is 3. The van der Waals surface area contributed by atoms with Crippen LogP contribution >= 0.6 is 0 Å². The first-order valence-electron chi connectivity index (χ1n) is 10.0. The summed E-state index contributed by atoms with van der Waals surface area (Å²) in [5.41, 5.74) is 7.82. The highest BCUT2D eigenvalue weighted by molar-refractivity contribution is 5.93. The van der Waals surface area contributed by atoms with Gasteiger partial charge in [0.05, 0.1) is 13.5 Å². The van der Waals surface area contributed by atoms with Crippen LogP contribution < -0.4 is 25.3 Å². The van der Waals surface area contributed by atoms with E-state index in [1.807, 2.05) is 0 Å². The van der Waals surface area contributed by atoms with E-state index < -0.39 is 6.36 Å². The van der Waals surface area contributed by atoms with E-state index in [9.17, 15) is 18.0 Å². The quantitative estimate of drug-likeness (QED) is 0.480. The fourth-order valence-electron chi connectivity index (χ4n) is 3.15. The van der Waals surface area contributed by atoms with E-state index in [0.717, 1.165) is 5.56 Å². The molecule has 0 saturated carbocycles. The van der Waals surface area contributed by atoms with Crippen LogP contribution in [0.15, 0.2) is 66.7 Å². The molecule has 1 amide bonds. The first-order chi connectivity index (χ1) is 15.8. The predicted molar refractivity (Wildman–Crippen MR) is 118 cm³/mol. The monoisotopic (exact) mass is 460 g/mol. The summed E-state index contributed by atoms with van der Waals surface area (Å²) in [6, 6.07) is 17.6. The molecule has 0 aliphatic heterocycles. The van der Waals surface area contributed by atoms with Crippen molar-refractivity contribution in [1.82, 2.24) is 0 Å². The van der Waals surface area contributed by atoms with Gasteiger partial charge in [0.1, 0.15) is 12.4 Å². The molecular formula is C24H23F3N2O4. The highest BCUT2D eigenvalue weighted by Gasteiger charge is 2.31. The lowest BCUT2D eigenvalue weighted by molar-refractivity contribution is -0.274. The van der Waals surface area contributed by atoms with Gasteiger partial charge >= 0.3 is 6.36 Å². The number of carbonyl (C=O) groups excluding carboxylic acids is 1. The zero-order chi connectivity index (χ0) is 23.8. The van der Waals surface area contributed by atoms with E-state index in [1.165, 1.54) is 25.3 Å². The van der Waals surface area contributed by atoms with Gasteiger partial charge in [0.15, 0.2) is 11.5 Å². The Morgan fingerprint density at radius 1 is 0.970 bits per heavy atom. The third-order valence-electron chi connectivity index (χ3n) is 4.52. The van der Waals surface area contributed by atoms with Crippen LogP contribution in [0.4, 0.5) is 18.9 Å². The van der Waals surface area contributed by atoms with Crippen molar-refractivity contribution in [2.45, 2.75) is 12.8 Å². The van der Waals surface area contributed by atoms with Gasteiger partial charge in [-0.15, -0.1) is 13.2 Å². The Balaban J connectivity index is 1.69. The highest BCUT2D eigenvalue weighted by atomic mass is 19.4. The minimum atomic E-state index is -4.77. The molecule has 3 rings (SSSR count). The molecule has 0 aliphatic rings. The lowest BCUT2D eigenvalue weighted by atomic mass is 10.0. The molecule has 6 nitrogen and oxygen atoms in total. The number of methoxy groups -OCH3 is 1. The van der Waals surface area contributed by atoms with Gasteiger partial charge in [-0.3, -0.25) is 4.79 Å². The van der Waals surface area contributed by atoms with E-state index in [1.54, 1.807) is 48.5 Å². The smallest absolute Gasteiger partial charge is 0.493 e. The van der Waals surface area contributed by atoms with Crippen molar-refractivity contribution in [3.63, 3.8) is 0 Å². The van der Waals surface area contributed by atoms with Crippen molar-refractivity contribution in [3.8, 4) is 28.4 Å². The summed E-state index contributed by atoms with van der Waals surface area (Å²) in [5.74, 6) is 0.453. The van der Waals surface area contributed by atoms with Gasteiger partial charge < -0.3 is 25.3 Å². The van der Waals surface area contributed by atoms with Crippen LogP contribution in [-0.2, 0) is 11.2 Å². The summed E-state index contributed by atoms with van der Waals surface area (Å²) in [4.78, 5) is 12.6. The lowest BCUT2D eigenvalue weighted by Crippen LogP contribution is -2.17. The molecule has 0 saturated heterocycles. The molecule has 33 heavy (non-hydrogen) atoms. The number of halogens is 3. The normalized spacial score (nSPS) is 11.1. The number of rotatable bonds is 9. The van der Waals surface area contributed by atoms with Gasteiger partial charge in [-0.1, -0.05) is 30.3 Å². The van der Waals surface area contributed by atoms with Crippen LogP contribution in [-0.4, -0.2) is 32.5 Å². The number of alkyl halides is 3. The Morgan fingerprint density at radius 2 is 1.70 bits per heavy atom. The molecule has 0 atom stereocenters. The van der Waals surface area contributed by atoms with Gasteiger partial charge in [-0.25, -0.2) is 0 Å². The number of nitrogens with one attached hydrogen (secondary N) is 1. The van der Waals surface area contributed by atoms with Crippen LogP contribution in [0.25, 0.3) is 11.1 Å². The maximum atomic E-state index is 12.6. The molecule has 0 bridgehead atoms. The number of benzene rings is 3. The van der Waals surface area contributed by atoms with E-state index >= 15 is 0 Å². The number of carbonyl (C=O) groups is 1. The molecule has 0 fully saturated rings. The zero-order valence-electron chi connectivity index (χ0n) is 17.8. The van der Waals surface area contributed by atoms with Crippen LogP contribution in [0.5, 0.6) is 17.2 Å². The number of hydrogen-bond acceptors (Lipinski definition) is 5. The van der Waals surface area contributed by atoms with Crippen LogP contribution in [0.1, 0.15) is 5.56 Å². The second-order valence-corrected chi connectivity index (χ2v) is 7.00. The second kappa shape index (κ2) is 10.7. The molecule has 0 spiro atoms. The average Bonchev–Trinajstić information content (AvgIpc) is 2.77. The summed E-state index contributed by atoms with van der Waals surface area (Å²) in [7, 11) is 1.51. The number of hydrogen-bond donors (Lipinski definition) is 2. The Labute approximate surface area is 189 Å². The maximum absolute atomic E-state index is 12.6. The molecule has 3 N–H and O–H groups in total. The van der Waals surface area contributed by atoms with E-state index in [-0.39, 0.29) is 18.1 Å². The summed E-state index contributed by atoms with van der Waals surface area (Å²) < 4.78 is 52.3. The topological polar surface area (TPSA) is 82.8 Å². The Hall–Kier alpha value is -3.72. The molecular weight excluding hydrogens is 437 g/mol. The van der Waals surface area contributed by atoms with Gasteiger partial charge in [0.25, 0.3) is 0 Å². The fraction of sp³-hybridized carbons (Fsp3) is 0.208. The third-order valence-corrected chi connectivity index (χ3v) is 4.52. The molecule has 0 unspecified atom stereocenters. The molecule has 0 heterocycles. The zero-order valence-corrected chi connectivity index (χ0v) is 17.8. The summed E-state index contributed by atoms with van der Waals surface area (Å²) >= 11 is 0. The lowest BCUT2D eigenvalue weighted by Gasteiger charge is -2.12. The highest BCUT2D eigenvalue weighted by Crippen LogP contribution is 2.30. The number of amides is 1. The van der Waals surface area contributed by atoms with Gasteiger partial charge in [0.2, 0.25) is 5.91 Å². The standard InChI is InChI=1S/C24H23F3N2O4/c1-31-22-12-16(8-9-21(22)32-11-10-28)13-23(30)29-19-6-2-4-17(14-19)18-5-3-7-20(15-18)33-24(25,26)27/h2-9,12,14-15H,10-11,13,28H2,1H3,(H,29,30). The van der Waals surface area contributed by atoms with Crippen molar-refractivity contribution in [3.05, 3.63) is 72.3 Å². The average molecular weight is 460 g/mol. The van der Waals surface area contributed by atoms with Crippen LogP contribution in [0, 0.1) is 0 Å². The van der Waals surface area contributed by atoms with Crippen molar-refractivity contribution in [2.75, 3.05) is 25.6 Å². The molecule has 0 radical (unpaired) electrons. The maximum Gasteiger partial charge on any atom is 0.573 e. The Kier molecular flexibility index (Phi) is 7.78. The molecule has 0 aromatic heterocycles.